The number of benzene rings is 2. The predicted molar refractivity (Wildman–Crippen MR) is 117 cm³/mol. The molecular weight excluding hydrogens is 362 g/mol. The highest BCUT2D eigenvalue weighted by Crippen LogP contribution is 2.26. The molecule has 0 bridgehead atoms. The third-order valence-electron chi connectivity index (χ3n) is 5.32. The van der Waals surface area contributed by atoms with Gasteiger partial charge >= 0.3 is 0 Å². The summed E-state index contributed by atoms with van der Waals surface area (Å²) in [5.74, 6) is 1.76. The minimum absolute atomic E-state index is 0.00622. The van der Waals surface area contributed by atoms with E-state index in [1.165, 1.54) is 16.5 Å². The average Bonchev–Trinajstić information content (AvgIpc) is 3.13. The van der Waals surface area contributed by atoms with Crippen LogP contribution in [0.3, 0.4) is 0 Å². The van der Waals surface area contributed by atoms with Crippen LogP contribution < -0.4 is 15.8 Å². The summed E-state index contributed by atoms with van der Waals surface area (Å²) in [5, 5.41) is 5.77. The molecule has 150 valence electrons. The molecule has 2 aromatic carbocycles. The summed E-state index contributed by atoms with van der Waals surface area (Å²) < 4.78 is 5.20. The highest BCUT2D eigenvalue weighted by Gasteiger charge is 2.24. The second-order valence-electron chi connectivity index (χ2n) is 7.52. The van der Waals surface area contributed by atoms with E-state index < -0.39 is 0 Å². The number of ether oxygens (including phenoxy) is 1. The summed E-state index contributed by atoms with van der Waals surface area (Å²) in [4.78, 5) is 11.2. The summed E-state index contributed by atoms with van der Waals surface area (Å²) in [5.41, 5.74) is 8.75. The maximum Gasteiger partial charge on any atom is 0.194 e. The quantitative estimate of drug-likeness (QED) is 0.678. The lowest BCUT2D eigenvalue weighted by Gasteiger charge is -2.18. The summed E-state index contributed by atoms with van der Waals surface area (Å²) in [6.45, 7) is 1.53. The average molecular weight is 390 g/mol. The van der Waals surface area contributed by atoms with E-state index in [4.69, 9.17) is 15.5 Å². The molecule has 2 heterocycles. The Morgan fingerprint density at radius 3 is 2.79 bits per heavy atom. The van der Waals surface area contributed by atoms with Crippen LogP contribution in [-0.4, -0.2) is 49.1 Å². The lowest BCUT2D eigenvalue weighted by molar-refractivity contribution is 0.414. The Hall–Kier alpha value is -3.12. The molecular formula is C23H27N5O. The molecule has 3 N–H and O–H groups in total. The number of rotatable bonds is 6. The molecule has 0 radical (unpaired) electrons. The number of nitrogens with two attached hydrogens (primary N) is 1. The number of nitrogens with one attached hydrogen (secondary N) is 1. The summed E-state index contributed by atoms with van der Waals surface area (Å²) >= 11 is 0. The largest absolute Gasteiger partial charge is 0.497 e. The van der Waals surface area contributed by atoms with Gasteiger partial charge in [0.2, 0.25) is 0 Å². The number of aliphatic imine (C=N–C) groups is 1. The number of pyridine rings is 1. The molecule has 0 saturated heterocycles. The van der Waals surface area contributed by atoms with E-state index in [9.17, 15) is 0 Å². The van der Waals surface area contributed by atoms with Crippen molar-refractivity contribution >= 4 is 16.7 Å². The van der Waals surface area contributed by atoms with Crippen molar-refractivity contribution in [2.45, 2.75) is 18.5 Å². The number of aromatic nitrogens is 1. The van der Waals surface area contributed by atoms with E-state index >= 15 is 0 Å². The highest BCUT2D eigenvalue weighted by molar-refractivity contribution is 5.84. The van der Waals surface area contributed by atoms with Gasteiger partial charge < -0.3 is 20.7 Å². The fraction of sp³-hybridized carbons (Fsp3) is 0.304. The maximum absolute atomic E-state index is 6.33. The molecule has 3 aromatic rings. The van der Waals surface area contributed by atoms with Crippen LogP contribution in [0.2, 0.25) is 0 Å². The monoisotopic (exact) mass is 389 g/mol. The fourth-order valence-electron chi connectivity index (χ4n) is 3.66. The number of likely N-dealkylation sites (N-methyl/N-ethyl adjacent to an activating group) is 1. The van der Waals surface area contributed by atoms with Gasteiger partial charge in [-0.3, -0.25) is 4.98 Å². The minimum Gasteiger partial charge on any atom is -0.497 e. The van der Waals surface area contributed by atoms with Gasteiger partial charge in [0.25, 0.3) is 0 Å². The van der Waals surface area contributed by atoms with E-state index in [1.54, 1.807) is 7.11 Å². The van der Waals surface area contributed by atoms with Crippen molar-refractivity contribution in [2.24, 2.45) is 10.7 Å². The number of guanidine groups is 1. The second kappa shape index (κ2) is 8.49. The Bertz CT molecular complexity index is 1000. The normalized spacial score (nSPS) is 17.3. The van der Waals surface area contributed by atoms with Crippen molar-refractivity contribution in [3.8, 4) is 5.75 Å². The number of hydrogen-bond donors (Lipinski definition) is 2. The first-order valence-corrected chi connectivity index (χ1v) is 9.87. The van der Waals surface area contributed by atoms with E-state index in [1.807, 2.05) is 30.6 Å². The molecule has 2 atom stereocenters. The smallest absolute Gasteiger partial charge is 0.194 e. The highest BCUT2D eigenvalue weighted by atomic mass is 16.5. The first-order chi connectivity index (χ1) is 14.1. The Balaban J connectivity index is 1.37. The van der Waals surface area contributed by atoms with Crippen LogP contribution >= 0.6 is 0 Å². The SMILES string of the molecule is COc1ccc(C[C@H](N)CNC2=NC(c3ccc4cnccc4c3)CN2C)cc1. The van der Waals surface area contributed by atoms with Gasteiger partial charge in [-0.2, -0.15) is 0 Å². The molecule has 1 unspecified atom stereocenters. The van der Waals surface area contributed by atoms with Gasteiger partial charge in [0, 0.05) is 44.0 Å². The minimum atomic E-state index is 0.00622. The lowest BCUT2D eigenvalue weighted by atomic mass is 10.0. The molecule has 0 fully saturated rings. The summed E-state index contributed by atoms with van der Waals surface area (Å²) in [7, 11) is 3.73. The second-order valence-corrected chi connectivity index (χ2v) is 7.52. The number of fused-ring (bicyclic) bond motifs is 1. The topological polar surface area (TPSA) is 75.8 Å². The van der Waals surface area contributed by atoms with Gasteiger partial charge in [-0.25, -0.2) is 4.99 Å². The third kappa shape index (κ3) is 4.49. The molecule has 29 heavy (non-hydrogen) atoms. The van der Waals surface area contributed by atoms with E-state index in [0.717, 1.165) is 30.1 Å². The molecule has 1 aromatic heterocycles. The first-order valence-electron chi connectivity index (χ1n) is 9.87. The van der Waals surface area contributed by atoms with Crippen molar-refractivity contribution in [3.05, 3.63) is 72.1 Å². The summed E-state index contributed by atoms with van der Waals surface area (Å²) in [6.07, 6.45) is 4.52. The number of hydrogen-bond acceptors (Lipinski definition) is 6. The van der Waals surface area contributed by atoms with Crippen LogP contribution in [0.1, 0.15) is 17.2 Å². The fourth-order valence-corrected chi connectivity index (χ4v) is 3.66. The number of nitrogens with zero attached hydrogens (tertiary/aromatic N) is 3. The van der Waals surface area contributed by atoms with Crippen LogP contribution in [0, 0.1) is 0 Å². The summed E-state index contributed by atoms with van der Waals surface area (Å²) in [6, 6.07) is 16.7. The predicted octanol–water partition coefficient (Wildman–Crippen LogP) is 2.75. The maximum atomic E-state index is 6.33. The van der Waals surface area contributed by atoms with Gasteiger partial charge in [-0.15, -0.1) is 0 Å². The van der Waals surface area contributed by atoms with Gasteiger partial charge in [0.05, 0.1) is 13.2 Å². The van der Waals surface area contributed by atoms with Crippen molar-refractivity contribution in [1.82, 2.24) is 15.2 Å². The Kier molecular flexibility index (Phi) is 5.62. The van der Waals surface area contributed by atoms with Gasteiger partial charge in [-0.05, 0) is 47.2 Å². The van der Waals surface area contributed by atoms with Crippen LogP contribution in [-0.2, 0) is 6.42 Å². The molecule has 0 aliphatic carbocycles. The number of methoxy groups -OCH3 is 1. The van der Waals surface area contributed by atoms with Gasteiger partial charge in [0.1, 0.15) is 5.75 Å². The Labute approximate surface area is 171 Å². The van der Waals surface area contributed by atoms with Crippen LogP contribution in [0.15, 0.2) is 65.9 Å². The van der Waals surface area contributed by atoms with E-state index in [0.29, 0.717) is 6.54 Å². The van der Waals surface area contributed by atoms with Gasteiger partial charge in [-0.1, -0.05) is 24.3 Å². The first kappa shape index (κ1) is 19.2. The molecule has 0 saturated carbocycles. The zero-order chi connectivity index (χ0) is 20.2. The lowest BCUT2D eigenvalue weighted by Crippen LogP contribution is -2.43. The molecule has 6 heteroatoms. The van der Waals surface area contributed by atoms with Gasteiger partial charge in [0.15, 0.2) is 5.96 Å². The van der Waals surface area contributed by atoms with Crippen molar-refractivity contribution in [3.63, 3.8) is 0 Å². The molecule has 0 amide bonds. The third-order valence-corrected chi connectivity index (χ3v) is 5.32. The Morgan fingerprint density at radius 2 is 2.00 bits per heavy atom. The van der Waals surface area contributed by atoms with Crippen molar-refractivity contribution < 1.29 is 4.74 Å². The zero-order valence-corrected chi connectivity index (χ0v) is 16.9. The van der Waals surface area contributed by atoms with E-state index in [-0.39, 0.29) is 12.1 Å². The molecule has 6 nitrogen and oxygen atoms in total. The zero-order valence-electron chi connectivity index (χ0n) is 16.9. The van der Waals surface area contributed by atoms with Crippen LogP contribution in [0.5, 0.6) is 5.75 Å². The molecule has 0 spiro atoms. The Morgan fingerprint density at radius 1 is 1.17 bits per heavy atom. The van der Waals surface area contributed by atoms with Crippen LogP contribution in [0.25, 0.3) is 10.8 Å². The molecule has 1 aliphatic rings. The van der Waals surface area contributed by atoms with Crippen LogP contribution in [0.4, 0.5) is 0 Å². The molecule has 1 aliphatic heterocycles. The standard InChI is InChI=1S/C23H27N5O/c1-28-15-22(18-5-6-19-13-25-10-9-17(19)12-18)27-23(28)26-14-20(24)11-16-3-7-21(29-2)8-4-16/h3-10,12-13,20,22H,11,14-15,24H2,1-2H3,(H,26,27)/t20-,22?/m0/s1. The molecule has 4 rings (SSSR count). The van der Waals surface area contributed by atoms with E-state index in [2.05, 4.69) is 52.6 Å². The van der Waals surface area contributed by atoms with Crippen molar-refractivity contribution in [2.75, 3.05) is 27.2 Å². The van der Waals surface area contributed by atoms with Crippen molar-refractivity contribution in [1.29, 1.82) is 0 Å².